The average molecular weight is 829 g/mol. The second-order valence-corrected chi connectivity index (χ2v) is 16.6. The van der Waals surface area contributed by atoms with Crippen molar-refractivity contribution >= 4 is 51.3 Å². The van der Waals surface area contributed by atoms with Gasteiger partial charge in [-0.05, 0) is 65.1 Å². The lowest BCUT2D eigenvalue weighted by atomic mass is 9.77. The molecule has 18 heteroatoms. The maximum absolute atomic E-state index is 13.0. The van der Waals surface area contributed by atoms with E-state index in [-0.39, 0.29) is 85.8 Å². The number of imide groups is 1. The summed E-state index contributed by atoms with van der Waals surface area (Å²) in [6, 6.07) is 18.9. The van der Waals surface area contributed by atoms with E-state index in [1.54, 1.807) is 49.5 Å². The summed E-state index contributed by atoms with van der Waals surface area (Å²) in [6.45, 7) is 4.76. The zero-order valence-corrected chi connectivity index (χ0v) is 33.7. The zero-order valence-electron chi connectivity index (χ0n) is 32.2. The number of rotatable bonds is 14. The maximum Gasteiger partial charge on any atom is 0.317 e. The van der Waals surface area contributed by atoms with Crippen molar-refractivity contribution in [2.45, 2.75) is 57.8 Å². The predicted octanol–water partition coefficient (Wildman–Crippen LogP) is 4.26. The number of aromatic nitrogens is 2. The number of sulfonamides is 1. The van der Waals surface area contributed by atoms with E-state index in [2.05, 4.69) is 31.4 Å². The van der Waals surface area contributed by atoms with Gasteiger partial charge in [-0.3, -0.25) is 24.4 Å². The second kappa shape index (κ2) is 17.1. The van der Waals surface area contributed by atoms with Crippen LogP contribution in [-0.4, -0.2) is 84.4 Å². The Morgan fingerprint density at radius 3 is 2.55 bits per heavy atom. The molecule has 58 heavy (non-hydrogen) atoms. The number of nitrogens with zero attached hydrogens (tertiary/aromatic N) is 5. The van der Waals surface area contributed by atoms with Crippen LogP contribution in [0.4, 0.5) is 10.7 Å². The number of fused-ring (bicyclic) bond motifs is 1. The third kappa shape index (κ3) is 9.64. The monoisotopic (exact) mass is 828 g/mol. The molecule has 3 N–H and O–H groups in total. The molecule has 1 atom stereocenters. The Morgan fingerprint density at radius 2 is 1.84 bits per heavy atom. The second-order valence-electron chi connectivity index (χ2n) is 14.5. The van der Waals surface area contributed by atoms with E-state index in [9.17, 15) is 32.9 Å². The molecule has 2 aliphatic heterocycles. The molecule has 0 bridgehead atoms. The number of halogens is 1. The van der Waals surface area contributed by atoms with Crippen LogP contribution in [0, 0.1) is 11.3 Å². The number of benzene rings is 3. The highest BCUT2D eigenvalue weighted by Gasteiger charge is 2.39. The summed E-state index contributed by atoms with van der Waals surface area (Å²) in [5, 5.41) is 15.4. The number of hydrogen-bond donors (Lipinski definition) is 3. The molecule has 1 saturated heterocycles. The van der Waals surface area contributed by atoms with Gasteiger partial charge in [0.2, 0.25) is 27.8 Å². The molecule has 302 valence electrons. The van der Waals surface area contributed by atoms with Gasteiger partial charge in [0.15, 0.2) is 5.75 Å². The Morgan fingerprint density at radius 1 is 1.09 bits per heavy atom. The van der Waals surface area contributed by atoms with Crippen molar-refractivity contribution in [1.82, 2.24) is 30.4 Å². The van der Waals surface area contributed by atoms with Crippen LogP contribution in [0.3, 0.4) is 0 Å². The van der Waals surface area contributed by atoms with Crippen LogP contribution in [0.15, 0.2) is 66.9 Å². The lowest BCUT2D eigenvalue weighted by Gasteiger charge is -2.29. The fraction of sp³-hybridized carbons (Fsp3) is 0.325. The quantitative estimate of drug-likeness (QED) is 0.153. The Hall–Kier alpha value is -6.25. The van der Waals surface area contributed by atoms with E-state index < -0.39 is 27.4 Å². The highest BCUT2D eigenvalue weighted by molar-refractivity contribution is 7.92. The van der Waals surface area contributed by atoms with Crippen LogP contribution < -0.4 is 24.8 Å². The molecule has 2 aliphatic rings. The molecule has 1 unspecified atom stereocenters. The average Bonchev–Trinajstić information content (AvgIpc) is 3.50. The van der Waals surface area contributed by atoms with Gasteiger partial charge >= 0.3 is 6.03 Å². The van der Waals surface area contributed by atoms with Gasteiger partial charge in [-0.15, -0.1) is 0 Å². The molecule has 4 aromatic rings. The molecule has 0 spiro atoms. The molecule has 3 heterocycles. The van der Waals surface area contributed by atoms with Gasteiger partial charge in [0, 0.05) is 43.7 Å². The van der Waals surface area contributed by atoms with Crippen molar-refractivity contribution in [2.24, 2.45) is 0 Å². The standard InChI is InChI=1S/C40H41ClN8O8S/c1-40(2,27-6-8-30(9-7-27)57-23-29-13-14-43-38(45-29)47-58(4,54)55)28-18-25(20-42)35(32(41)19-28)56-16-15-48(3)39(53)44-21-24-5-10-31-26(17-24)22-49(37(31)52)33-11-12-34(50)46-36(33)51/h5-10,13-14,17-19,33H,11-12,15-16,21-23H2,1-4H3,(H,44,53)(H,43,45,47)(H,46,50,51). The molecule has 0 saturated carbocycles. The molecule has 0 radical (unpaired) electrons. The third-order valence-electron chi connectivity index (χ3n) is 9.89. The van der Waals surface area contributed by atoms with Gasteiger partial charge in [0.25, 0.3) is 5.91 Å². The fourth-order valence-corrected chi connectivity index (χ4v) is 7.31. The lowest BCUT2D eigenvalue weighted by molar-refractivity contribution is -0.136. The van der Waals surface area contributed by atoms with Gasteiger partial charge in [-0.2, -0.15) is 5.26 Å². The first-order chi connectivity index (χ1) is 27.5. The number of amides is 5. The first-order valence-corrected chi connectivity index (χ1v) is 20.4. The zero-order chi connectivity index (χ0) is 41.8. The number of carbonyl (C=O) groups is 4. The van der Waals surface area contributed by atoms with Crippen molar-refractivity contribution in [3.05, 3.63) is 111 Å². The molecule has 1 aromatic heterocycles. The summed E-state index contributed by atoms with van der Waals surface area (Å²) in [5.74, 6) is -0.360. The minimum Gasteiger partial charge on any atom is -0.489 e. The first kappa shape index (κ1) is 41.4. The largest absolute Gasteiger partial charge is 0.489 e. The minimum atomic E-state index is -3.52. The number of ether oxygens (including phenoxy) is 2. The summed E-state index contributed by atoms with van der Waals surface area (Å²) < 4.78 is 37.0. The van der Waals surface area contributed by atoms with Crippen LogP contribution in [0.1, 0.15) is 70.6 Å². The predicted molar refractivity (Wildman–Crippen MR) is 212 cm³/mol. The van der Waals surface area contributed by atoms with Crippen LogP contribution in [0.2, 0.25) is 5.02 Å². The van der Waals surface area contributed by atoms with E-state index in [0.717, 1.165) is 28.5 Å². The number of nitrogens with one attached hydrogen (secondary N) is 3. The molecular weight excluding hydrogens is 788 g/mol. The summed E-state index contributed by atoms with van der Waals surface area (Å²) in [5.41, 5.74) is 3.84. The maximum atomic E-state index is 13.0. The molecule has 6 rings (SSSR count). The number of urea groups is 1. The summed E-state index contributed by atoms with van der Waals surface area (Å²) in [7, 11) is -1.91. The van der Waals surface area contributed by atoms with Gasteiger partial charge in [0.05, 0.1) is 29.1 Å². The number of likely N-dealkylation sites (N-methyl/N-ethyl adjacent to an activating group) is 1. The van der Waals surface area contributed by atoms with Crippen molar-refractivity contribution in [1.29, 1.82) is 5.26 Å². The Bertz CT molecular complexity index is 2420. The molecular formula is C40H41ClN8O8S. The van der Waals surface area contributed by atoms with Crippen molar-refractivity contribution in [3.63, 3.8) is 0 Å². The summed E-state index contributed by atoms with van der Waals surface area (Å²) in [6.07, 6.45) is 2.90. The van der Waals surface area contributed by atoms with E-state index in [1.807, 2.05) is 32.0 Å². The summed E-state index contributed by atoms with van der Waals surface area (Å²) >= 11 is 6.69. The molecule has 1 fully saturated rings. The van der Waals surface area contributed by atoms with E-state index in [4.69, 9.17) is 21.1 Å². The van der Waals surface area contributed by atoms with Crippen LogP contribution in [0.25, 0.3) is 0 Å². The topological polar surface area (TPSA) is 213 Å². The Balaban J connectivity index is 1.00. The van der Waals surface area contributed by atoms with Crippen molar-refractivity contribution in [2.75, 3.05) is 31.2 Å². The molecule has 0 aliphatic carbocycles. The Kier molecular flexibility index (Phi) is 12.2. The minimum absolute atomic E-state index is 0.0446. The number of hydrogen-bond acceptors (Lipinski definition) is 11. The molecule has 5 amide bonds. The van der Waals surface area contributed by atoms with Crippen molar-refractivity contribution < 1.29 is 37.1 Å². The third-order valence-corrected chi connectivity index (χ3v) is 10.7. The Labute approximate surface area is 340 Å². The van der Waals surface area contributed by atoms with Crippen LogP contribution in [-0.2, 0) is 44.7 Å². The van der Waals surface area contributed by atoms with E-state index >= 15 is 0 Å². The fourth-order valence-electron chi connectivity index (χ4n) is 6.60. The molecule has 16 nitrogen and oxygen atoms in total. The van der Waals surface area contributed by atoms with E-state index in [0.29, 0.717) is 17.0 Å². The SMILES string of the molecule is CN(CCOc1c(Cl)cc(C(C)(C)c2ccc(OCc3ccnc(NS(C)(=O)=O)n3)cc2)cc1C#N)C(=O)NCc1ccc2c(c1)CN(C1CCC(=O)NC1=O)C2=O. The van der Waals surface area contributed by atoms with Crippen LogP contribution >= 0.6 is 11.6 Å². The highest BCUT2D eigenvalue weighted by atomic mass is 35.5. The van der Waals surface area contributed by atoms with Crippen molar-refractivity contribution in [3.8, 4) is 17.6 Å². The molecule has 3 aromatic carbocycles. The van der Waals surface area contributed by atoms with Gasteiger partial charge in [-0.1, -0.05) is 49.7 Å². The van der Waals surface area contributed by atoms with Gasteiger partial charge in [-0.25, -0.2) is 23.2 Å². The highest BCUT2D eigenvalue weighted by Crippen LogP contribution is 2.39. The van der Waals surface area contributed by atoms with Gasteiger partial charge < -0.3 is 24.6 Å². The van der Waals surface area contributed by atoms with E-state index in [1.165, 1.54) is 16.0 Å². The first-order valence-electron chi connectivity index (χ1n) is 18.2. The number of anilines is 1. The number of carbonyl (C=O) groups excluding carboxylic acids is 4. The summed E-state index contributed by atoms with van der Waals surface area (Å²) in [4.78, 5) is 60.8. The van der Waals surface area contributed by atoms with Gasteiger partial charge in [0.1, 0.15) is 31.1 Å². The number of nitriles is 1. The van der Waals surface area contributed by atoms with Crippen LogP contribution in [0.5, 0.6) is 11.5 Å². The normalized spacial score (nSPS) is 15.3. The lowest BCUT2D eigenvalue weighted by Crippen LogP contribution is -2.52. The number of piperidine rings is 1. The smallest absolute Gasteiger partial charge is 0.317 e.